The van der Waals surface area contributed by atoms with Crippen LogP contribution in [-0.2, 0) is 0 Å². The summed E-state index contributed by atoms with van der Waals surface area (Å²) in [5.74, 6) is -3.52. The molecule has 19 heavy (non-hydrogen) atoms. The van der Waals surface area contributed by atoms with Gasteiger partial charge in [-0.25, -0.2) is 9.59 Å². The Hall–Kier alpha value is -3.10. The molecule has 0 aliphatic carbocycles. The molecule has 0 bridgehead atoms. The number of hydrogen-bond donors (Lipinski definition) is 3. The van der Waals surface area contributed by atoms with Crippen LogP contribution in [0.5, 0.6) is 11.5 Å². The smallest absolute Gasteiger partial charge is 0.351 e. The topological polar surface area (TPSA) is 151 Å². The van der Waals surface area contributed by atoms with E-state index < -0.39 is 50.2 Å². The van der Waals surface area contributed by atoms with Gasteiger partial charge in [0.2, 0.25) is 5.75 Å². The molecule has 0 saturated heterocycles. The van der Waals surface area contributed by atoms with Crippen molar-refractivity contribution in [3.63, 3.8) is 0 Å². The standard InChI is InChI=1S/C10H5NO8/c12-5-2-6-3(7(8(5)13)11(17)18)1-4(9(14)15)10(16)19-6/h1-2,12-13H,(H,14,15). The van der Waals surface area contributed by atoms with Crippen LogP contribution in [0.25, 0.3) is 11.0 Å². The van der Waals surface area contributed by atoms with Gasteiger partial charge in [0.25, 0.3) is 0 Å². The van der Waals surface area contributed by atoms with Crippen LogP contribution < -0.4 is 5.63 Å². The van der Waals surface area contributed by atoms with Crippen molar-refractivity contribution in [2.45, 2.75) is 0 Å². The molecule has 2 rings (SSSR count). The first kappa shape index (κ1) is 12.4. The van der Waals surface area contributed by atoms with Crippen LogP contribution in [0.1, 0.15) is 10.4 Å². The lowest BCUT2D eigenvalue weighted by Gasteiger charge is -2.03. The van der Waals surface area contributed by atoms with Gasteiger partial charge in [0.05, 0.1) is 4.92 Å². The summed E-state index contributed by atoms with van der Waals surface area (Å²) in [6.45, 7) is 0. The molecular formula is C10H5NO8. The molecule has 1 aromatic heterocycles. The summed E-state index contributed by atoms with van der Waals surface area (Å²) in [5.41, 5.74) is -3.39. The number of aromatic carboxylic acids is 1. The van der Waals surface area contributed by atoms with Crippen LogP contribution in [-0.4, -0.2) is 26.2 Å². The molecule has 2 aromatic rings. The second kappa shape index (κ2) is 3.98. The zero-order valence-electron chi connectivity index (χ0n) is 8.98. The molecule has 3 N–H and O–H groups in total. The van der Waals surface area contributed by atoms with Crippen molar-refractivity contribution >= 4 is 22.6 Å². The van der Waals surface area contributed by atoms with Gasteiger partial charge in [-0.15, -0.1) is 0 Å². The molecule has 0 amide bonds. The number of carboxylic acids is 1. The molecule has 1 aromatic carbocycles. The molecule has 0 aliphatic heterocycles. The van der Waals surface area contributed by atoms with Crippen LogP contribution in [0.2, 0.25) is 0 Å². The number of aromatic hydroxyl groups is 2. The van der Waals surface area contributed by atoms with E-state index in [4.69, 9.17) is 5.11 Å². The molecule has 0 atom stereocenters. The SMILES string of the molecule is O=C(O)c1cc2c([N+](=O)[O-])c(O)c(O)cc2oc1=O. The number of nitro groups is 1. The quantitative estimate of drug-likeness (QED) is 0.313. The molecule has 0 saturated carbocycles. The maximum absolute atomic E-state index is 11.3. The third-order valence-electron chi connectivity index (χ3n) is 2.38. The zero-order chi connectivity index (χ0) is 14.3. The Labute approximate surface area is 103 Å². The van der Waals surface area contributed by atoms with Crippen molar-refractivity contribution in [1.29, 1.82) is 0 Å². The Morgan fingerprint density at radius 2 is 1.95 bits per heavy atom. The highest BCUT2D eigenvalue weighted by atomic mass is 16.6. The van der Waals surface area contributed by atoms with E-state index in [-0.39, 0.29) is 0 Å². The van der Waals surface area contributed by atoms with Crippen LogP contribution >= 0.6 is 0 Å². The van der Waals surface area contributed by atoms with Gasteiger partial charge in [-0.3, -0.25) is 10.1 Å². The Balaban J connectivity index is 3.02. The number of phenolic OH excluding ortho intramolecular Hbond substituents is 2. The second-order valence-electron chi connectivity index (χ2n) is 3.51. The molecule has 1 heterocycles. The number of nitrogens with zero attached hydrogens (tertiary/aromatic N) is 1. The lowest BCUT2D eigenvalue weighted by Crippen LogP contribution is -2.13. The number of rotatable bonds is 2. The number of phenols is 2. The highest BCUT2D eigenvalue weighted by Gasteiger charge is 2.26. The van der Waals surface area contributed by atoms with E-state index in [9.17, 15) is 29.9 Å². The van der Waals surface area contributed by atoms with E-state index in [1.807, 2.05) is 0 Å². The van der Waals surface area contributed by atoms with Crippen molar-refractivity contribution in [3.05, 3.63) is 38.2 Å². The Bertz CT molecular complexity index is 775. The molecule has 98 valence electrons. The summed E-state index contributed by atoms with van der Waals surface area (Å²) in [7, 11) is 0. The van der Waals surface area contributed by atoms with Crippen molar-refractivity contribution in [2.24, 2.45) is 0 Å². The first-order valence-corrected chi connectivity index (χ1v) is 4.73. The van der Waals surface area contributed by atoms with Gasteiger partial charge < -0.3 is 19.7 Å². The largest absolute Gasteiger partial charge is 0.504 e. The van der Waals surface area contributed by atoms with Crippen molar-refractivity contribution < 1.29 is 29.5 Å². The number of benzene rings is 1. The number of hydrogen-bond acceptors (Lipinski definition) is 7. The first-order chi connectivity index (χ1) is 8.82. The molecule has 0 aliphatic rings. The summed E-state index contributed by atoms with van der Waals surface area (Å²) in [5, 5.41) is 37.8. The lowest BCUT2D eigenvalue weighted by atomic mass is 10.1. The summed E-state index contributed by atoms with van der Waals surface area (Å²) in [4.78, 5) is 31.8. The number of nitro benzene ring substituents is 1. The fourth-order valence-electron chi connectivity index (χ4n) is 1.55. The number of fused-ring (bicyclic) bond motifs is 1. The van der Waals surface area contributed by atoms with Gasteiger partial charge in [0, 0.05) is 6.07 Å². The lowest BCUT2D eigenvalue weighted by molar-refractivity contribution is -0.384. The van der Waals surface area contributed by atoms with Crippen molar-refractivity contribution in [1.82, 2.24) is 0 Å². The molecule has 0 fully saturated rings. The van der Waals surface area contributed by atoms with E-state index in [1.54, 1.807) is 0 Å². The Morgan fingerprint density at radius 3 is 2.47 bits per heavy atom. The fraction of sp³-hybridized carbons (Fsp3) is 0. The van der Waals surface area contributed by atoms with Crippen LogP contribution in [0.3, 0.4) is 0 Å². The zero-order valence-corrected chi connectivity index (χ0v) is 8.98. The second-order valence-corrected chi connectivity index (χ2v) is 3.51. The number of carboxylic acid groups (broad SMARTS) is 1. The normalized spacial score (nSPS) is 10.5. The van der Waals surface area contributed by atoms with E-state index in [1.165, 1.54) is 0 Å². The average molecular weight is 267 g/mol. The van der Waals surface area contributed by atoms with E-state index in [2.05, 4.69) is 4.42 Å². The molecule has 0 radical (unpaired) electrons. The minimum Gasteiger partial charge on any atom is -0.504 e. The third kappa shape index (κ3) is 1.82. The van der Waals surface area contributed by atoms with E-state index in [0.29, 0.717) is 6.07 Å². The van der Waals surface area contributed by atoms with Gasteiger partial charge in [0.15, 0.2) is 5.75 Å². The summed E-state index contributed by atoms with van der Waals surface area (Å²) in [6, 6.07) is 1.49. The summed E-state index contributed by atoms with van der Waals surface area (Å²) >= 11 is 0. The average Bonchev–Trinajstić information content (AvgIpc) is 2.29. The highest BCUT2D eigenvalue weighted by molar-refractivity contribution is 5.97. The predicted octanol–water partition coefficient (Wildman–Crippen LogP) is 0.811. The van der Waals surface area contributed by atoms with Gasteiger partial charge in [-0.2, -0.15) is 0 Å². The number of carbonyl (C=O) groups is 1. The highest BCUT2D eigenvalue weighted by Crippen LogP contribution is 2.41. The van der Waals surface area contributed by atoms with Crippen molar-refractivity contribution in [3.8, 4) is 11.5 Å². The Morgan fingerprint density at radius 1 is 1.32 bits per heavy atom. The molecule has 0 unspecified atom stereocenters. The van der Waals surface area contributed by atoms with E-state index >= 15 is 0 Å². The monoisotopic (exact) mass is 267 g/mol. The van der Waals surface area contributed by atoms with Gasteiger partial charge in [-0.05, 0) is 6.07 Å². The molecule has 9 nitrogen and oxygen atoms in total. The maximum Gasteiger partial charge on any atom is 0.351 e. The third-order valence-corrected chi connectivity index (χ3v) is 2.38. The predicted molar refractivity (Wildman–Crippen MR) is 59.4 cm³/mol. The van der Waals surface area contributed by atoms with E-state index in [0.717, 1.165) is 6.07 Å². The van der Waals surface area contributed by atoms with Crippen LogP contribution in [0, 0.1) is 10.1 Å². The molecule has 9 heteroatoms. The maximum atomic E-state index is 11.3. The first-order valence-electron chi connectivity index (χ1n) is 4.73. The van der Waals surface area contributed by atoms with Crippen LogP contribution in [0.15, 0.2) is 21.3 Å². The Kier molecular flexibility index (Phi) is 2.59. The molecule has 0 spiro atoms. The van der Waals surface area contributed by atoms with Gasteiger partial charge in [-0.1, -0.05) is 0 Å². The van der Waals surface area contributed by atoms with Crippen LogP contribution in [0.4, 0.5) is 5.69 Å². The minimum absolute atomic E-state index is 0.405. The van der Waals surface area contributed by atoms with Gasteiger partial charge in [0.1, 0.15) is 16.5 Å². The minimum atomic E-state index is -1.63. The van der Waals surface area contributed by atoms with Gasteiger partial charge >= 0.3 is 17.3 Å². The fourth-order valence-corrected chi connectivity index (χ4v) is 1.55. The summed E-state index contributed by atoms with van der Waals surface area (Å²) < 4.78 is 4.57. The van der Waals surface area contributed by atoms with Crippen molar-refractivity contribution in [2.75, 3.05) is 0 Å². The summed E-state index contributed by atoms with van der Waals surface area (Å²) in [6.07, 6.45) is 0. The molecular weight excluding hydrogens is 262 g/mol.